The van der Waals surface area contributed by atoms with Gasteiger partial charge in [-0.3, -0.25) is 19.7 Å². The predicted molar refractivity (Wildman–Crippen MR) is 129 cm³/mol. The molecule has 1 saturated heterocycles. The number of barbiturate groups is 1. The Balaban J connectivity index is 1.42. The van der Waals surface area contributed by atoms with Gasteiger partial charge in [-0.1, -0.05) is 24.3 Å². The Labute approximate surface area is 205 Å². The van der Waals surface area contributed by atoms with Gasteiger partial charge in [0.05, 0.1) is 18.5 Å². The molecule has 0 aliphatic carbocycles. The average Bonchev–Trinajstić information content (AvgIpc) is 2.87. The average molecular weight is 489 g/mol. The molecule has 0 aromatic heterocycles. The van der Waals surface area contributed by atoms with Crippen molar-refractivity contribution < 1.29 is 33.0 Å². The summed E-state index contributed by atoms with van der Waals surface area (Å²) in [5, 5.41) is 4.80. The van der Waals surface area contributed by atoms with Gasteiger partial charge < -0.3 is 14.8 Å². The first-order chi connectivity index (χ1) is 17.4. The number of carbonyl (C=O) groups is 4. The monoisotopic (exact) mass is 489 g/mol. The zero-order valence-electron chi connectivity index (χ0n) is 19.0. The summed E-state index contributed by atoms with van der Waals surface area (Å²) in [6, 6.07) is 17.1. The molecule has 0 atom stereocenters. The van der Waals surface area contributed by atoms with Crippen LogP contribution in [0.5, 0.6) is 11.5 Å². The van der Waals surface area contributed by atoms with Crippen LogP contribution in [0.4, 0.5) is 20.6 Å². The maximum Gasteiger partial charge on any atom is 0.335 e. The van der Waals surface area contributed by atoms with Crippen molar-refractivity contribution in [2.24, 2.45) is 0 Å². The van der Waals surface area contributed by atoms with Gasteiger partial charge in [-0.15, -0.1) is 0 Å². The zero-order chi connectivity index (χ0) is 25.7. The molecule has 1 aliphatic rings. The van der Waals surface area contributed by atoms with E-state index in [1.807, 2.05) is 0 Å². The van der Waals surface area contributed by atoms with Crippen LogP contribution in [-0.2, 0) is 14.4 Å². The summed E-state index contributed by atoms with van der Waals surface area (Å²) >= 11 is 0. The third-order valence-electron chi connectivity index (χ3n) is 5.13. The lowest BCUT2D eigenvalue weighted by Gasteiger charge is -2.26. The predicted octanol–water partition coefficient (Wildman–Crippen LogP) is 3.52. The summed E-state index contributed by atoms with van der Waals surface area (Å²) in [6.45, 7) is -0.256. The fourth-order valence-corrected chi connectivity index (χ4v) is 3.39. The third kappa shape index (κ3) is 5.39. The van der Waals surface area contributed by atoms with Crippen molar-refractivity contribution in [3.63, 3.8) is 0 Å². The summed E-state index contributed by atoms with van der Waals surface area (Å²) in [6.07, 6.45) is 1.32. The molecule has 4 rings (SSSR count). The summed E-state index contributed by atoms with van der Waals surface area (Å²) in [5.74, 6) is -1.71. The lowest BCUT2D eigenvalue weighted by Crippen LogP contribution is -2.54. The van der Waals surface area contributed by atoms with Crippen LogP contribution in [-0.4, -0.2) is 37.5 Å². The lowest BCUT2D eigenvalue weighted by atomic mass is 10.1. The molecule has 0 spiro atoms. The van der Waals surface area contributed by atoms with E-state index in [2.05, 4.69) is 10.6 Å². The molecule has 0 unspecified atom stereocenters. The van der Waals surface area contributed by atoms with E-state index in [1.165, 1.54) is 25.3 Å². The largest absolute Gasteiger partial charge is 0.495 e. The number of rotatable bonds is 7. The number of amides is 5. The van der Waals surface area contributed by atoms with E-state index in [9.17, 15) is 23.6 Å². The van der Waals surface area contributed by atoms with Gasteiger partial charge in [-0.05, 0) is 60.2 Å². The van der Waals surface area contributed by atoms with Crippen molar-refractivity contribution in [1.82, 2.24) is 5.32 Å². The van der Waals surface area contributed by atoms with E-state index >= 15 is 0 Å². The van der Waals surface area contributed by atoms with Gasteiger partial charge in [0.25, 0.3) is 17.7 Å². The normalized spacial score (nSPS) is 14.4. The minimum Gasteiger partial charge on any atom is -0.495 e. The second kappa shape index (κ2) is 10.5. The van der Waals surface area contributed by atoms with Crippen molar-refractivity contribution >= 4 is 41.2 Å². The summed E-state index contributed by atoms with van der Waals surface area (Å²) in [7, 11) is 1.50. The van der Waals surface area contributed by atoms with Crippen molar-refractivity contribution in [1.29, 1.82) is 0 Å². The van der Waals surface area contributed by atoms with Crippen LogP contribution in [0.2, 0.25) is 0 Å². The molecule has 0 bridgehead atoms. The topological polar surface area (TPSA) is 114 Å². The number of ether oxygens (including phenoxy) is 2. The molecular formula is C26H20FN3O6. The van der Waals surface area contributed by atoms with Crippen molar-refractivity contribution in [3.8, 4) is 11.5 Å². The van der Waals surface area contributed by atoms with Crippen LogP contribution in [0.1, 0.15) is 5.56 Å². The van der Waals surface area contributed by atoms with Gasteiger partial charge in [0, 0.05) is 0 Å². The number of anilines is 2. The molecule has 3 aromatic carbocycles. The van der Waals surface area contributed by atoms with Crippen LogP contribution in [0.3, 0.4) is 0 Å². The highest BCUT2D eigenvalue weighted by atomic mass is 19.1. The molecule has 1 aliphatic heterocycles. The van der Waals surface area contributed by atoms with E-state index in [0.717, 1.165) is 17.0 Å². The number of nitrogens with zero attached hydrogens (tertiary/aromatic N) is 1. The number of halogens is 1. The third-order valence-corrected chi connectivity index (χ3v) is 5.13. The van der Waals surface area contributed by atoms with Crippen molar-refractivity contribution in [2.45, 2.75) is 0 Å². The number of para-hydroxylation sites is 2. The first-order valence-electron chi connectivity index (χ1n) is 10.7. The highest BCUT2D eigenvalue weighted by Crippen LogP contribution is 2.24. The standard InChI is InChI=1S/C26H20FN3O6/c1-35-22-5-3-2-4-21(22)28-23(31)15-36-19-12-6-16(7-13-19)14-20-24(32)29-26(34)30(25(20)33)18-10-8-17(27)9-11-18/h2-14H,15H2,1H3,(H,28,31)(H,29,32,34)/b20-14+. The fourth-order valence-electron chi connectivity index (χ4n) is 3.39. The summed E-state index contributed by atoms with van der Waals surface area (Å²) < 4.78 is 23.9. The van der Waals surface area contributed by atoms with Gasteiger partial charge >= 0.3 is 6.03 Å². The lowest BCUT2D eigenvalue weighted by molar-refractivity contribution is -0.122. The molecule has 3 aromatic rings. The Bertz CT molecular complexity index is 1350. The Morgan fingerprint density at radius 2 is 1.69 bits per heavy atom. The quantitative estimate of drug-likeness (QED) is 0.388. The van der Waals surface area contributed by atoms with Crippen LogP contribution >= 0.6 is 0 Å². The highest BCUT2D eigenvalue weighted by molar-refractivity contribution is 6.39. The first kappa shape index (κ1) is 24.1. The van der Waals surface area contributed by atoms with Crippen LogP contribution in [0.15, 0.2) is 78.4 Å². The molecule has 1 heterocycles. The number of hydrogen-bond donors (Lipinski definition) is 2. The smallest absolute Gasteiger partial charge is 0.335 e. The molecule has 0 saturated carbocycles. The Morgan fingerprint density at radius 3 is 2.39 bits per heavy atom. The maximum atomic E-state index is 13.2. The molecular weight excluding hydrogens is 469 g/mol. The number of imide groups is 2. The molecule has 182 valence electrons. The number of carbonyl (C=O) groups excluding carboxylic acids is 4. The zero-order valence-corrected chi connectivity index (χ0v) is 19.0. The summed E-state index contributed by atoms with van der Waals surface area (Å²) in [4.78, 5) is 50.4. The Hall–Kier alpha value is -4.99. The minimum absolute atomic E-state index is 0.118. The van der Waals surface area contributed by atoms with Gasteiger partial charge in [-0.25, -0.2) is 14.1 Å². The second-order valence-corrected chi connectivity index (χ2v) is 7.54. The van der Waals surface area contributed by atoms with E-state index in [0.29, 0.717) is 22.7 Å². The number of methoxy groups -OCH3 is 1. The van der Waals surface area contributed by atoms with E-state index in [-0.39, 0.29) is 23.8 Å². The van der Waals surface area contributed by atoms with Crippen LogP contribution in [0.25, 0.3) is 6.08 Å². The van der Waals surface area contributed by atoms with Crippen molar-refractivity contribution in [2.75, 3.05) is 23.9 Å². The molecule has 9 nitrogen and oxygen atoms in total. The molecule has 10 heteroatoms. The number of hydrogen-bond acceptors (Lipinski definition) is 6. The van der Waals surface area contributed by atoms with Gasteiger partial charge in [0.1, 0.15) is 22.9 Å². The van der Waals surface area contributed by atoms with E-state index in [1.54, 1.807) is 48.5 Å². The molecule has 5 amide bonds. The number of urea groups is 1. The first-order valence-corrected chi connectivity index (χ1v) is 10.7. The maximum absolute atomic E-state index is 13.2. The molecule has 1 fully saturated rings. The Morgan fingerprint density at radius 1 is 1.00 bits per heavy atom. The van der Waals surface area contributed by atoms with E-state index in [4.69, 9.17) is 9.47 Å². The molecule has 2 N–H and O–H groups in total. The molecule has 0 radical (unpaired) electrons. The number of benzene rings is 3. The van der Waals surface area contributed by atoms with Crippen molar-refractivity contribution in [3.05, 3.63) is 89.8 Å². The number of nitrogens with one attached hydrogen (secondary N) is 2. The van der Waals surface area contributed by atoms with Gasteiger partial charge in [-0.2, -0.15) is 0 Å². The van der Waals surface area contributed by atoms with Crippen LogP contribution < -0.4 is 25.0 Å². The second-order valence-electron chi connectivity index (χ2n) is 7.54. The Kier molecular flexibility index (Phi) is 7.05. The summed E-state index contributed by atoms with van der Waals surface area (Å²) in [5.41, 5.74) is 0.836. The minimum atomic E-state index is -0.927. The van der Waals surface area contributed by atoms with Crippen LogP contribution in [0, 0.1) is 5.82 Å². The fraction of sp³-hybridized carbons (Fsp3) is 0.0769. The molecule has 36 heavy (non-hydrogen) atoms. The SMILES string of the molecule is COc1ccccc1NC(=O)COc1ccc(/C=C2\C(=O)NC(=O)N(c3ccc(F)cc3)C2=O)cc1. The highest BCUT2D eigenvalue weighted by Gasteiger charge is 2.36. The van der Waals surface area contributed by atoms with E-state index < -0.39 is 23.7 Å². The van der Waals surface area contributed by atoms with Gasteiger partial charge in [0.2, 0.25) is 0 Å². The van der Waals surface area contributed by atoms with Gasteiger partial charge in [0.15, 0.2) is 6.61 Å².